The summed E-state index contributed by atoms with van der Waals surface area (Å²) in [4.78, 5) is 21.4. The molecule has 0 unspecified atom stereocenters. The smallest absolute Gasteiger partial charge is 0.318 e. The number of carbonyl (C=O) groups excluding carboxylic acids is 1. The molecule has 1 aliphatic heterocycles. The maximum Gasteiger partial charge on any atom is 0.318 e. The molecule has 7 heteroatoms. The van der Waals surface area contributed by atoms with Crippen LogP contribution in [0.2, 0.25) is 0 Å². The zero-order valence-electron chi connectivity index (χ0n) is 8.87. The molecule has 3 heterocycles. The normalized spacial score (nSPS) is 15.6. The summed E-state index contributed by atoms with van der Waals surface area (Å²) in [5.41, 5.74) is 0. The van der Waals surface area contributed by atoms with E-state index in [2.05, 4.69) is 15.3 Å². The summed E-state index contributed by atoms with van der Waals surface area (Å²) < 4.78 is 10.5. The van der Waals surface area contributed by atoms with Gasteiger partial charge in [0.25, 0.3) is 0 Å². The van der Waals surface area contributed by atoms with E-state index in [9.17, 15) is 4.79 Å². The molecule has 1 fully saturated rings. The van der Waals surface area contributed by atoms with E-state index in [4.69, 9.17) is 8.83 Å². The lowest BCUT2D eigenvalue weighted by Crippen LogP contribution is -2.33. The molecule has 0 saturated carbocycles. The molecule has 17 heavy (non-hydrogen) atoms. The first-order valence-electron chi connectivity index (χ1n) is 5.19. The van der Waals surface area contributed by atoms with E-state index in [1.807, 2.05) is 0 Å². The molecular weight excluding hydrogens is 224 g/mol. The maximum atomic E-state index is 11.7. The third-order valence-electron chi connectivity index (χ3n) is 2.57. The second kappa shape index (κ2) is 3.93. The van der Waals surface area contributed by atoms with Crippen LogP contribution in [0.25, 0.3) is 0 Å². The summed E-state index contributed by atoms with van der Waals surface area (Å²) in [6, 6.07) is -0.686. The van der Waals surface area contributed by atoms with Gasteiger partial charge in [-0.2, -0.15) is 0 Å². The van der Waals surface area contributed by atoms with Gasteiger partial charge in [-0.1, -0.05) is 0 Å². The fourth-order valence-corrected chi connectivity index (χ4v) is 1.84. The van der Waals surface area contributed by atoms with E-state index in [0.29, 0.717) is 24.9 Å². The topological polar surface area (TPSA) is 84.4 Å². The number of nitrogens with one attached hydrogen (secondary N) is 1. The predicted molar refractivity (Wildman–Crippen MR) is 55.0 cm³/mol. The molecule has 0 spiro atoms. The fraction of sp³-hybridized carbons (Fsp3) is 0.300. The maximum absolute atomic E-state index is 11.7. The van der Waals surface area contributed by atoms with Crippen LogP contribution in [0.5, 0.6) is 0 Å². The van der Waals surface area contributed by atoms with Gasteiger partial charge < -0.3 is 19.1 Å². The van der Waals surface area contributed by atoms with Crippen molar-refractivity contribution in [3.63, 3.8) is 0 Å². The van der Waals surface area contributed by atoms with Gasteiger partial charge in [-0.25, -0.2) is 14.8 Å². The molecule has 1 N–H and O–H groups in total. The monoisotopic (exact) mass is 234 g/mol. The molecule has 0 radical (unpaired) electrons. The first-order valence-corrected chi connectivity index (χ1v) is 5.19. The molecule has 7 nitrogen and oxygen atoms in total. The molecule has 2 aromatic rings. The Kier molecular flexibility index (Phi) is 2.28. The minimum Gasteiger partial charge on any atom is -0.446 e. The van der Waals surface area contributed by atoms with Crippen molar-refractivity contribution in [3.8, 4) is 0 Å². The van der Waals surface area contributed by atoms with Crippen molar-refractivity contribution < 1.29 is 13.6 Å². The average Bonchev–Trinajstić information content (AvgIpc) is 3.04. The summed E-state index contributed by atoms with van der Waals surface area (Å²) in [7, 11) is 0. The van der Waals surface area contributed by atoms with Gasteiger partial charge in [0.15, 0.2) is 6.04 Å². The van der Waals surface area contributed by atoms with E-state index in [1.165, 1.54) is 24.9 Å². The van der Waals surface area contributed by atoms with Crippen molar-refractivity contribution in [1.29, 1.82) is 0 Å². The highest BCUT2D eigenvalue weighted by Gasteiger charge is 2.35. The highest BCUT2D eigenvalue weighted by molar-refractivity contribution is 5.76. The van der Waals surface area contributed by atoms with E-state index in [1.54, 1.807) is 4.90 Å². The number of rotatable bonds is 3. The van der Waals surface area contributed by atoms with Crippen LogP contribution >= 0.6 is 0 Å². The Morgan fingerprint density at radius 2 is 1.88 bits per heavy atom. The first kappa shape index (κ1) is 9.88. The first-order chi connectivity index (χ1) is 8.36. The Bertz CT molecular complexity index is 459. The molecule has 3 rings (SSSR count). The van der Waals surface area contributed by atoms with Gasteiger partial charge >= 0.3 is 6.03 Å². The van der Waals surface area contributed by atoms with Crippen LogP contribution in [0.15, 0.2) is 33.8 Å². The van der Waals surface area contributed by atoms with Crippen molar-refractivity contribution >= 4 is 6.03 Å². The van der Waals surface area contributed by atoms with Crippen LogP contribution < -0.4 is 5.32 Å². The van der Waals surface area contributed by atoms with Crippen LogP contribution in [0, 0.1) is 0 Å². The number of oxazole rings is 2. The molecule has 2 aromatic heterocycles. The van der Waals surface area contributed by atoms with Gasteiger partial charge in [-0.3, -0.25) is 0 Å². The van der Waals surface area contributed by atoms with Crippen molar-refractivity contribution in [2.75, 3.05) is 13.1 Å². The minimum atomic E-state index is -0.512. The molecule has 1 saturated heterocycles. The lowest BCUT2D eigenvalue weighted by atomic mass is 10.2. The Morgan fingerprint density at radius 3 is 2.29 bits per heavy atom. The van der Waals surface area contributed by atoms with Crippen LogP contribution in [0.1, 0.15) is 17.8 Å². The van der Waals surface area contributed by atoms with E-state index >= 15 is 0 Å². The third kappa shape index (κ3) is 1.65. The standard InChI is InChI=1S/C10H10N4O3/c15-10-13-1-4-14(10)7(8-11-2-5-16-8)9-12-3-6-17-9/h2-3,5-7H,1,4H2,(H,13,15). The quantitative estimate of drug-likeness (QED) is 0.848. The molecule has 0 atom stereocenters. The highest BCUT2D eigenvalue weighted by Crippen LogP contribution is 2.27. The molecule has 0 aliphatic carbocycles. The average molecular weight is 234 g/mol. The number of hydrogen-bond donors (Lipinski definition) is 1. The summed E-state index contributed by atoms with van der Waals surface area (Å²) in [6.45, 7) is 1.16. The zero-order valence-corrected chi connectivity index (χ0v) is 8.87. The Balaban J connectivity index is 2.00. The fourth-order valence-electron chi connectivity index (χ4n) is 1.84. The van der Waals surface area contributed by atoms with Crippen molar-refractivity contribution in [2.45, 2.75) is 6.04 Å². The Labute approximate surface area is 96.4 Å². The van der Waals surface area contributed by atoms with E-state index < -0.39 is 6.04 Å². The van der Waals surface area contributed by atoms with Crippen LogP contribution in [0.4, 0.5) is 4.79 Å². The lowest BCUT2D eigenvalue weighted by molar-refractivity contribution is 0.187. The highest BCUT2D eigenvalue weighted by atomic mass is 16.4. The van der Waals surface area contributed by atoms with Gasteiger partial charge in [-0.05, 0) is 0 Å². The van der Waals surface area contributed by atoms with Crippen molar-refractivity contribution in [3.05, 3.63) is 36.7 Å². The number of urea groups is 1. The molecule has 88 valence electrons. The largest absolute Gasteiger partial charge is 0.446 e. The third-order valence-corrected chi connectivity index (χ3v) is 2.57. The minimum absolute atomic E-state index is 0.175. The van der Waals surface area contributed by atoms with Gasteiger partial charge in [0.1, 0.15) is 12.5 Å². The lowest BCUT2D eigenvalue weighted by Gasteiger charge is -2.20. The molecule has 1 aliphatic rings. The molecule has 2 amide bonds. The van der Waals surface area contributed by atoms with Crippen LogP contribution in [-0.2, 0) is 0 Å². The van der Waals surface area contributed by atoms with Crippen molar-refractivity contribution in [1.82, 2.24) is 20.2 Å². The number of amides is 2. The Hall–Kier alpha value is -2.31. The van der Waals surface area contributed by atoms with Gasteiger partial charge in [0.05, 0.1) is 12.4 Å². The summed E-state index contributed by atoms with van der Waals surface area (Å²) >= 11 is 0. The SMILES string of the molecule is O=C1NCCN1C(c1ncco1)c1ncco1. The van der Waals surface area contributed by atoms with Gasteiger partial charge in [0.2, 0.25) is 11.8 Å². The number of hydrogen-bond acceptors (Lipinski definition) is 5. The van der Waals surface area contributed by atoms with Crippen LogP contribution in [0.3, 0.4) is 0 Å². The second-order valence-corrected chi connectivity index (χ2v) is 3.57. The van der Waals surface area contributed by atoms with Crippen molar-refractivity contribution in [2.24, 2.45) is 0 Å². The zero-order chi connectivity index (χ0) is 11.7. The summed E-state index contributed by atoms with van der Waals surface area (Å²) in [5, 5.41) is 2.72. The second-order valence-electron chi connectivity index (χ2n) is 3.57. The van der Waals surface area contributed by atoms with Gasteiger partial charge in [-0.15, -0.1) is 0 Å². The predicted octanol–water partition coefficient (Wildman–Crippen LogP) is 0.777. The number of carbonyl (C=O) groups is 1. The van der Waals surface area contributed by atoms with Crippen LogP contribution in [-0.4, -0.2) is 34.0 Å². The van der Waals surface area contributed by atoms with E-state index in [0.717, 1.165) is 0 Å². The Morgan fingerprint density at radius 1 is 1.24 bits per heavy atom. The van der Waals surface area contributed by atoms with E-state index in [-0.39, 0.29) is 6.03 Å². The molecule has 0 aromatic carbocycles. The number of aromatic nitrogens is 2. The van der Waals surface area contributed by atoms with Gasteiger partial charge in [0, 0.05) is 13.1 Å². The summed E-state index contributed by atoms with van der Waals surface area (Å²) in [5.74, 6) is 0.786. The molecule has 0 bridgehead atoms. The number of nitrogens with zero attached hydrogens (tertiary/aromatic N) is 3. The molecular formula is C10H10N4O3. The summed E-state index contributed by atoms with van der Waals surface area (Å²) in [6.07, 6.45) is 5.97.